The topological polar surface area (TPSA) is 96.7 Å². The van der Waals surface area contributed by atoms with Gasteiger partial charge in [-0.3, -0.25) is 9.89 Å². The molecule has 1 aromatic heterocycles. The third-order valence-electron chi connectivity index (χ3n) is 2.27. The second-order valence-corrected chi connectivity index (χ2v) is 3.94. The second-order valence-electron chi connectivity index (χ2n) is 3.46. The lowest BCUT2D eigenvalue weighted by atomic mass is 10.1. The fraction of sp³-hybridized carbons (Fsp3) is 0.556. The molecule has 2 atom stereocenters. The average molecular weight is 241 g/mol. The van der Waals surface area contributed by atoms with E-state index in [1.54, 1.807) is 0 Å². The molecule has 0 saturated heterocycles. The van der Waals surface area contributed by atoms with Crippen LogP contribution in [-0.4, -0.2) is 26.1 Å². The highest BCUT2D eigenvalue weighted by atomic mass is 32.1. The van der Waals surface area contributed by atoms with E-state index >= 15 is 0 Å². The van der Waals surface area contributed by atoms with Crippen molar-refractivity contribution in [3.8, 4) is 0 Å². The molecule has 16 heavy (non-hydrogen) atoms. The van der Waals surface area contributed by atoms with Crippen molar-refractivity contribution in [1.82, 2.24) is 20.5 Å². The van der Waals surface area contributed by atoms with Gasteiger partial charge in [0.2, 0.25) is 5.91 Å². The van der Waals surface area contributed by atoms with Crippen LogP contribution in [0.15, 0.2) is 6.33 Å². The molecule has 1 rings (SSSR count). The molecule has 1 heterocycles. The van der Waals surface area contributed by atoms with Crippen molar-refractivity contribution in [1.29, 1.82) is 0 Å². The minimum Gasteiger partial charge on any atom is -0.393 e. The molecule has 0 aliphatic rings. The molecule has 0 saturated carbocycles. The number of carbonyl (C=O) groups excluding carboxylic acids is 1. The van der Waals surface area contributed by atoms with E-state index in [0.29, 0.717) is 12.2 Å². The zero-order valence-corrected chi connectivity index (χ0v) is 10.0. The van der Waals surface area contributed by atoms with Crippen molar-refractivity contribution in [2.45, 2.75) is 26.3 Å². The van der Waals surface area contributed by atoms with Crippen LogP contribution in [0.3, 0.4) is 0 Å². The van der Waals surface area contributed by atoms with Crippen LogP contribution in [0.25, 0.3) is 0 Å². The zero-order chi connectivity index (χ0) is 12.1. The Kier molecular flexibility index (Phi) is 4.36. The lowest BCUT2D eigenvalue weighted by Crippen LogP contribution is -2.38. The first-order chi connectivity index (χ1) is 7.56. The standard InChI is InChI=1S/C9H15N5OS/c1-3-6(7(10)16)9(15)13-5(2)8-11-4-12-14-8/h4-6H,3H2,1-2H3,(H2,10,16)(H,13,15)(H,11,12,14). The van der Waals surface area contributed by atoms with Crippen LogP contribution in [0.1, 0.15) is 32.1 Å². The maximum Gasteiger partial charge on any atom is 0.230 e. The molecule has 88 valence electrons. The minimum atomic E-state index is -0.430. The summed E-state index contributed by atoms with van der Waals surface area (Å²) in [5.74, 6) is -0.00888. The molecule has 0 aromatic carbocycles. The number of aromatic nitrogens is 3. The largest absolute Gasteiger partial charge is 0.393 e. The Morgan fingerprint density at radius 2 is 2.44 bits per heavy atom. The number of nitrogens with one attached hydrogen (secondary N) is 2. The number of nitrogens with two attached hydrogens (primary N) is 1. The number of H-pyrrole nitrogens is 1. The van der Waals surface area contributed by atoms with Crippen LogP contribution in [0, 0.1) is 5.92 Å². The molecule has 0 aliphatic carbocycles. The molecule has 0 aliphatic heterocycles. The molecule has 4 N–H and O–H groups in total. The van der Waals surface area contributed by atoms with Gasteiger partial charge in [0.25, 0.3) is 0 Å². The average Bonchev–Trinajstić information content (AvgIpc) is 2.70. The Balaban J connectivity index is 2.60. The predicted octanol–water partition coefficient (Wildman–Crippen LogP) is 0.294. The Morgan fingerprint density at radius 3 is 2.88 bits per heavy atom. The smallest absolute Gasteiger partial charge is 0.230 e. The summed E-state index contributed by atoms with van der Waals surface area (Å²) in [4.78, 5) is 15.9. The van der Waals surface area contributed by atoms with Gasteiger partial charge >= 0.3 is 0 Å². The van der Waals surface area contributed by atoms with E-state index in [-0.39, 0.29) is 16.9 Å². The molecule has 2 unspecified atom stereocenters. The number of nitrogens with zero attached hydrogens (tertiary/aromatic N) is 2. The highest BCUT2D eigenvalue weighted by molar-refractivity contribution is 7.80. The summed E-state index contributed by atoms with van der Waals surface area (Å²) >= 11 is 4.83. The molecule has 0 bridgehead atoms. The molecule has 0 fully saturated rings. The third kappa shape index (κ3) is 2.99. The second kappa shape index (κ2) is 5.55. The number of hydrogen-bond acceptors (Lipinski definition) is 4. The minimum absolute atomic E-state index is 0.182. The van der Waals surface area contributed by atoms with Gasteiger partial charge in [0.1, 0.15) is 12.2 Å². The molecule has 0 radical (unpaired) electrons. The van der Waals surface area contributed by atoms with Gasteiger partial charge < -0.3 is 11.1 Å². The van der Waals surface area contributed by atoms with Crippen molar-refractivity contribution < 1.29 is 4.79 Å². The van der Waals surface area contributed by atoms with E-state index in [4.69, 9.17) is 18.0 Å². The van der Waals surface area contributed by atoms with E-state index in [1.165, 1.54) is 6.33 Å². The zero-order valence-electron chi connectivity index (χ0n) is 9.23. The lowest BCUT2D eigenvalue weighted by Gasteiger charge is -2.16. The maximum absolute atomic E-state index is 11.8. The van der Waals surface area contributed by atoms with Crippen LogP contribution in [0.4, 0.5) is 0 Å². The highest BCUT2D eigenvalue weighted by Gasteiger charge is 2.21. The van der Waals surface area contributed by atoms with Gasteiger partial charge in [-0.2, -0.15) is 5.10 Å². The molecular weight excluding hydrogens is 226 g/mol. The van der Waals surface area contributed by atoms with E-state index in [9.17, 15) is 4.79 Å². The predicted molar refractivity (Wildman–Crippen MR) is 63.5 cm³/mol. The molecule has 7 heteroatoms. The molecule has 1 aromatic rings. The van der Waals surface area contributed by atoms with Crippen LogP contribution in [0.2, 0.25) is 0 Å². The fourth-order valence-corrected chi connectivity index (χ4v) is 1.60. The Bertz CT molecular complexity index is 364. The van der Waals surface area contributed by atoms with Crippen LogP contribution in [0.5, 0.6) is 0 Å². The first-order valence-electron chi connectivity index (χ1n) is 5.01. The van der Waals surface area contributed by atoms with Crippen LogP contribution < -0.4 is 11.1 Å². The monoisotopic (exact) mass is 241 g/mol. The van der Waals surface area contributed by atoms with Crippen LogP contribution >= 0.6 is 12.2 Å². The highest BCUT2D eigenvalue weighted by Crippen LogP contribution is 2.08. The number of rotatable bonds is 5. The number of carbonyl (C=O) groups is 1. The number of hydrogen-bond donors (Lipinski definition) is 3. The lowest BCUT2D eigenvalue weighted by molar-refractivity contribution is -0.123. The summed E-state index contributed by atoms with van der Waals surface area (Å²) in [5.41, 5.74) is 5.48. The Hall–Kier alpha value is -1.50. The van der Waals surface area contributed by atoms with E-state index in [2.05, 4.69) is 20.5 Å². The van der Waals surface area contributed by atoms with Gasteiger partial charge in [0.15, 0.2) is 0 Å². The van der Waals surface area contributed by atoms with E-state index in [1.807, 2.05) is 13.8 Å². The number of thiocarbonyl (C=S) groups is 1. The van der Waals surface area contributed by atoms with Gasteiger partial charge in [-0.1, -0.05) is 19.1 Å². The maximum atomic E-state index is 11.8. The first kappa shape index (κ1) is 12.6. The number of amides is 1. The third-order valence-corrected chi connectivity index (χ3v) is 2.56. The summed E-state index contributed by atoms with van der Waals surface area (Å²) < 4.78 is 0. The van der Waals surface area contributed by atoms with Crippen molar-refractivity contribution in [3.63, 3.8) is 0 Å². The quantitative estimate of drug-likeness (QED) is 0.644. The van der Waals surface area contributed by atoms with Gasteiger partial charge in [-0.25, -0.2) is 4.98 Å². The molecule has 1 amide bonds. The van der Waals surface area contributed by atoms with Crippen molar-refractivity contribution in [2.24, 2.45) is 11.7 Å². The summed E-state index contributed by atoms with van der Waals surface area (Å²) in [5, 5.41) is 9.18. The van der Waals surface area contributed by atoms with E-state index < -0.39 is 5.92 Å². The normalized spacial score (nSPS) is 14.1. The fourth-order valence-electron chi connectivity index (χ4n) is 1.32. The SMILES string of the molecule is CCC(C(=O)NC(C)c1ncn[nH]1)C(N)=S. The van der Waals surface area contributed by atoms with E-state index in [0.717, 1.165) is 0 Å². The Labute approximate surface area is 99.0 Å². The first-order valence-corrected chi connectivity index (χ1v) is 5.42. The van der Waals surface area contributed by atoms with Gasteiger partial charge in [-0.05, 0) is 13.3 Å². The summed E-state index contributed by atoms with van der Waals surface area (Å²) in [7, 11) is 0. The van der Waals surface area contributed by atoms with Gasteiger partial charge in [0.05, 0.1) is 16.9 Å². The van der Waals surface area contributed by atoms with Gasteiger partial charge in [0, 0.05) is 0 Å². The van der Waals surface area contributed by atoms with Crippen LogP contribution in [-0.2, 0) is 4.79 Å². The summed E-state index contributed by atoms with van der Waals surface area (Å²) in [6.45, 7) is 3.67. The number of aromatic amines is 1. The van der Waals surface area contributed by atoms with Crippen molar-refractivity contribution >= 4 is 23.1 Å². The van der Waals surface area contributed by atoms with Crippen molar-refractivity contribution in [2.75, 3.05) is 0 Å². The van der Waals surface area contributed by atoms with Crippen molar-refractivity contribution in [3.05, 3.63) is 12.2 Å². The molecule has 0 spiro atoms. The molecule has 6 nitrogen and oxygen atoms in total. The summed E-state index contributed by atoms with van der Waals surface area (Å²) in [6, 6.07) is -0.238. The molecular formula is C9H15N5OS. The summed E-state index contributed by atoms with van der Waals surface area (Å²) in [6.07, 6.45) is 1.98. The Morgan fingerprint density at radius 1 is 1.75 bits per heavy atom. The van der Waals surface area contributed by atoms with Gasteiger partial charge in [-0.15, -0.1) is 0 Å².